The highest BCUT2D eigenvalue weighted by Gasteiger charge is 2.07. The molecule has 1 aromatic heterocycles. The van der Waals surface area contributed by atoms with Gasteiger partial charge in [0.05, 0.1) is 6.20 Å². The average Bonchev–Trinajstić information content (AvgIpc) is 2.19. The molecule has 0 radical (unpaired) electrons. The van der Waals surface area contributed by atoms with E-state index in [0.29, 0.717) is 6.04 Å². The zero-order chi connectivity index (χ0) is 9.52. The van der Waals surface area contributed by atoms with Gasteiger partial charge in [-0.25, -0.2) is 0 Å². The number of aromatic nitrogens is 2. The van der Waals surface area contributed by atoms with Crippen molar-refractivity contribution in [3.63, 3.8) is 0 Å². The van der Waals surface area contributed by atoms with E-state index in [2.05, 4.69) is 29.0 Å². The highest BCUT2D eigenvalue weighted by atomic mass is 15.1. The van der Waals surface area contributed by atoms with Crippen molar-refractivity contribution in [3.05, 3.63) is 36.7 Å². The SMILES string of the molecule is C=CCC(NCC)c1ccnnc1. The van der Waals surface area contributed by atoms with Gasteiger partial charge in [0.2, 0.25) is 0 Å². The van der Waals surface area contributed by atoms with Crippen molar-refractivity contribution in [3.8, 4) is 0 Å². The van der Waals surface area contributed by atoms with Crippen LogP contribution in [-0.2, 0) is 0 Å². The van der Waals surface area contributed by atoms with Crippen molar-refractivity contribution in [2.24, 2.45) is 0 Å². The van der Waals surface area contributed by atoms with Gasteiger partial charge in [0.25, 0.3) is 0 Å². The fraction of sp³-hybridized carbons (Fsp3) is 0.400. The van der Waals surface area contributed by atoms with Gasteiger partial charge in [0.1, 0.15) is 0 Å². The van der Waals surface area contributed by atoms with Crippen molar-refractivity contribution < 1.29 is 0 Å². The second-order valence-electron chi connectivity index (χ2n) is 2.81. The van der Waals surface area contributed by atoms with Crippen LogP contribution >= 0.6 is 0 Å². The van der Waals surface area contributed by atoms with E-state index >= 15 is 0 Å². The van der Waals surface area contributed by atoms with Gasteiger partial charge in [0.15, 0.2) is 0 Å². The van der Waals surface area contributed by atoms with Crippen LogP contribution in [0.3, 0.4) is 0 Å². The molecule has 0 saturated heterocycles. The van der Waals surface area contributed by atoms with Crippen LogP contribution in [0.2, 0.25) is 0 Å². The van der Waals surface area contributed by atoms with Gasteiger partial charge in [-0.3, -0.25) is 0 Å². The molecule has 0 fully saturated rings. The van der Waals surface area contributed by atoms with Crippen LogP contribution in [0.4, 0.5) is 0 Å². The van der Waals surface area contributed by atoms with Gasteiger partial charge in [-0.2, -0.15) is 10.2 Å². The third-order valence-electron chi connectivity index (χ3n) is 1.86. The van der Waals surface area contributed by atoms with E-state index in [9.17, 15) is 0 Å². The topological polar surface area (TPSA) is 37.8 Å². The molecule has 0 saturated carbocycles. The van der Waals surface area contributed by atoms with Crippen molar-refractivity contribution in [1.82, 2.24) is 15.5 Å². The summed E-state index contributed by atoms with van der Waals surface area (Å²) in [5, 5.41) is 11.0. The summed E-state index contributed by atoms with van der Waals surface area (Å²) in [5.74, 6) is 0. The first-order chi connectivity index (χ1) is 6.38. The molecule has 3 nitrogen and oxygen atoms in total. The first-order valence-corrected chi connectivity index (χ1v) is 4.49. The molecule has 3 heteroatoms. The van der Waals surface area contributed by atoms with Crippen LogP contribution in [0.1, 0.15) is 24.9 Å². The summed E-state index contributed by atoms with van der Waals surface area (Å²) >= 11 is 0. The van der Waals surface area contributed by atoms with Crippen molar-refractivity contribution in [2.45, 2.75) is 19.4 Å². The van der Waals surface area contributed by atoms with E-state index in [1.54, 1.807) is 12.4 Å². The largest absolute Gasteiger partial charge is 0.310 e. The highest BCUT2D eigenvalue weighted by Crippen LogP contribution is 2.14. The number of hydrogen-bond acceptors (Lipinski definition) is 3. The van der Waals surface area contributed by atoms with Crippen LogP contribution in [-0.4, -0.2) is 16.7 Å². The molecule has 0 aliphatic heterocycles. The highest BCUT2D eigenvalue weighted by molar-refractivity contribution is 5.12. The Balaban J connectivity index is 2.69. The number of nitrogens with zero attached hydrogens (tertiary/aromatic N) is 2. The third-order valence-corrected chi connectivity index (χ3v) is 1.86. The summed E-state index contributed by atoms with van der Waals surface area (Å²) in [4.78, 5) is 0. The predicted molar refractivity (Wildman–Crippen MR) is 53.3 cm³/mol. The number of hydrogen-bond donors (Lipinski definition) is 1. The predicted octanol–water partition coefficient (Wildman–Crippen LogP) is 1.70. The summed E-state index contributed by atoms with van der Waals surface area (Å²) in [6, 6.07) is 2.29. The Morgan fingerprint density at radius 3 is 3.00 bits per heavy atom. The van der Waals surface area contributed by atoms with Gasteiger partial charge in [0, 0.05) is 12.2 Å². The number of nitrogens with one attached hydrogen (secondary N) is 1. The maximum Gasteiger partial charge on any atom is 0.0544 e. The van der Waals surface area contributed by atoms with E-state index in [4.69, 9.17) is 0 Å². The third kappa shape index (κ3) is 2.95. The summed E-state index contributed by atoms with van der Waals surface area (Å²) < 4.78 is 0. The zero-order valence-electron chi connectivity index (χ0n) is 7.90. The minimum atomic E-state index is 0.318. The maximum absolute atomic E-state index is 3.85. The smallest absolute Gasteiger partial charge is 0.0544 e. The lowest BCUT2D eigenvalue weighted by atomic mass is 10.1. The Kier molecular flexibility index (Phi) is 4.12. The molecule has 0 spiro atoms. The molecule has 1 heterocycles. The van der Waals surface area contributed by atoms with Crippen LogP contribution in [0.25, 0.3) is 0 Å². The molecule has 0 amide bonds. The standard InChI is InChI=1S/C10H15N3/c1-3-5-10(11-4-2)9-6-7-12-13-8-9/h3,6-8,10-11H,1,4-5H2,2H3. The van der Waals surface area contributed by atoms with E-state index in [0.717, 1.165) is 18.5 Å². The molecule has 0 aliphatic rings. The lowest BCUT2D eigenvalue weighted by Crippen LogP contribution is -2.20. The van der Waals surface area contributed by atoms with Gasteiger partial charge in [-0.05, 0) is 24.6 Å². The maximum atomic E-state index is 3.85. The first-order valence-electron chi connectivity index (χ1n) is 4.49. The van der Waals surface area contributed by atoms with Crippen LogP contribution < -0.4 is 5.32 Å². The summed E-state index contributed by atoms with van der Waals surface area (Å²) in [7, 11) is 0. The van der Waals surface area contributed by atoms with Gasteiger partial charge < -0.3 is 5.32 Å². The minimum absolute atomic E-state index is 0.318. The second-order valence-corrected chi connectivity index (χ2v) is 2.81. The zero-order valence-corrected chi connectivity index (χ0v) is 7.90. The lowest BCUT2D eigenvalue weighted by molar-refractivity contribution is 0.556. The second kappa shape index (κ2) is 5.43. The molecule has 13 heavy (non-hydrogen) atoms. The monoisotopic (exact) mass is 177 g/mol. The molecule has 70 valence electrons. The van der Waals surface area contributed by atoms with E-state index in [1.807, 2.05) is 12.1 Å². The molecule has 1 N–H and O–H groups in total. The van der Waals surface area contributed by atoms with Gasteiger partial charge >= 0.3 is 0 Å². The van der Waals surface area contributed by atoms with Crippen molar-refractivity contribution >= 4 is 0 Å². The van der Waals surface area contributed by atoms with Crippen molar-refractivity contribution in [1.29, 1.82) is 0 Å². The molecular weight excluding hydrogens is 162 g/mol. The van der Waals surface area contributed by atoms with E-state index in [1.165, 1.54) is 0 Å². The van der Waals surface area contributed by atoms with E-state index < -0.39 is 0 Å². The van der Waals surface area contributed by atoms with Crippen molar-refractivity contribution in [2.75, 3.05) is 6.54 Å². The Hall–Kier alpha value is -1.22. The minimum Gasteiger partial charge on any atom is -0.310 e. The summed E-state index contributed by atoms with van der Waals surface area (Å²) in [6.07, 6.45) is 6.33. The normalized spacial score (nSPS) is 12.4. The van der Waals surface area contributed by atoms with Crippen LogP contribution in [0.15, 0.2) is 31.1 Å². The molecule has 1 aromatic rings. The molecule has 1 atom stereocenters. The van der Waals surface area contributed by atoms with Crippen LogP contribution in [0.5, 0.6) is 0 Å². The fourth-order valence-corrected chi connectivity index (χ4v) is 1.26. The molecule has 0 aromatic carbocycles. The quantitative estimate of drug-likeness (QED) is 0.696. The summed E-state index contributed by atoms with van der Waals surface area (Å²) in [5.41, 5.74) is 1.16. The fourth-order valence-electron chi connectivity index (χ4n) is 1.26. The molecular formula is C10H15N3. The summed E-state index contributed by atoms with van der Waals surface area (Å²) in [6.45, 7) is 6.77. The van der Waals surface area contributed by atoms with Gasteiger partial charge in [-0.1, -0.05) is 13.0 Å². The Bertz CT molecular complexity index is 246. The average molecular weight is 177 g/mol. The first kappa shape index (κ1) is 9.86. The Morgan fingerprint density at radius 1 is 1.62 bits per heavy atom. The molecule has 0 bridgehead atoms. The van der Waals surface area contributed by atoms with Gasteiger partial charge in [-0.15, -0.1) is 6.58 Å². The molecule has 1 rings (SSSR count). The lowest BCUT2D eigenvalue weighted by Gasteiger charge is -2.15. The Morgan fingerprint density at radius 2 is 2.46 bits per heavy atom. The molecule has 1 unspecified atom stereocenters. The number of rotatable bonds is 5. The Labute approximate surface area is 78.9 Å². The van der Waals surface area contributed by atoms with E-state index in [-0.39, 0.29) is 0 Å². The van der Waals surface area contributed by atoms with Crippen LogP contribution in [0, 0.1) is 0 Å². The molecule has 0 aliphatic carbocycles.